The summed E-state index contributed by atoms with van der Waals surface area (Å²) in [5.41, 5.74) is 10.4. The van der Waals surface area contributed by atoms with Crippen molar-refractivity contribution < 1.29 is 9.59 Å². The van der Waals surface area contributed by atoms with Crippen molar-refractivity contribution in [3.63, 3.8) is 0 Å². The summed E-state index contributed by atoms with van der Waals surface area (Å²) in [6.45, 7) is 1.87. The van der Waals surface area contributed by atoms with Crippen LogP contribution < -0.4 is 11.5 Å². The summed E-state index contributed by atoms with van der Waals surface area (Å²) in [5, 5.41) is 0. The fourth-order valence-electron chi connectivity index (χ4n) is 1.19. The van der Waals surface area contributed by atoms with E-state index in [0.717, 1.165) is 12.8 Å². The summed E-state index contributed by atoms with van der Waals surface area (Å²) in [5.74, 6) is -0.942. The van der Waals surface area contributed by atoms with E-state index in [1.165, 1.54) is 0 Å². The van der Waals surface area contributed by atoms with Crippen molar-refractivity contribution >= 4 is 11.6 Å². The normalized spacial score (nSPS) is 10.5. The smallest absolute Gasteiger partial charge is 0.156 e. The summed E-state index contributed by atoms with van der Waals surface area (Å²) in [6.07, 6.45) is 2.41. The molecule has 0 aliphatic rings. The first kappa shape index (κ1) is 12.3. The van der Waals surface area contributed by atoms with Crippen LogP contribution in [0.1, 0.15) is 26.2 Å². The number of nitrogens with two attached hydrogens (primary N) is 2. The molecule has 4 N–H and O–H groups in total. The van der Waals surface area contributed by atoms with Crippen LogP contribution in [0.25, 0.3) is 0 Å². The standard InChI is InChI=1S/C9H18N2O2/c1-2-3-4-7(8(12)5-10)9(13)6-11/h7H,2-6,10-11H2,1H3. The fraction of sp³-hybridized carbons (Fsp3) is 0.778. The van der Waals surface area contributed by atoms with Crippen LogP contribution in [0, 0.1) is 5.92 Å². The van der Waals surface area contributed by atoms with Crippen molar-refractivity contribution in [2.75, 3.05) is 13.1 Å². The molecule has 0 radical (unpaired) electrons. The lowest BCUT2D eigenvalue weighted by atomic mass is 9.93. The van der Waals surface area contributed by atoms with Crippen LogP contribution in [0.3, 0.4) is 0 Å². The Kier molecular flexibility index (Phi) is 6.36. The van der Waals surface area contributed by atoms with Gasteiger partial charge in [-0.3, -0.25) is 9.59 Å². The van der Waals surface area contributed by atoms with Crippen molar-refractivity contribution in [3.05, 3.63) is 0 Å². The Balaban J connectivity index is 4.18. The van der Waals surface area contributed by atoms with Gasteiger partial charge < -0.3 is 11.5 Å². The van der Waals surface area contributed by atoms with Gasteiger partial charge in [0.1, 0.15) is 0 Å². The number of ketones is 2. The third-order valence-electron chi connectivity index (χ3n) is 2.03. The van der Waals surface area contributed by atoms with Crippen molar-refractivity contribution in [2.45, 2.75) is 26.2 Å². The Morgan fingerprint density at radius 2 is 1.62 bits per heavy atom. The topological polar surface area (TPSA) is 86.2 Å². The van der Waals surface area contributed by atoms with E-state index in [1.807, 2.05) is 6.92 Å². The predicted molar refractivity (Wildman–Crippen MR) is 51.1 cm³/mol. The molecule has 76 valence electrons. The van der Waals surface area contributed by atoms with E-state index in [-0.39, 0.29) is 24.7 Å². The molecule has 0 atom stereocenters. The van der Waals surface area contributed by atoms with Gasteiger partial charge in [0, 0.05) is 0 Å². The van der Waals surface area contributed by atoms with Gasteiger partial charge in [-0.15, -0.1) is 0 Å². The van der Waals surface area contributed by atoms with E-state index in [4.69, 9.17) is 11.5 Å². The number of hydrogen-bond acceptors (Lipinski definition) is 4. The minimum absolute atomic E-state index is 0.0693. The first-order valence-electron chi connectivity index (χ1n) is 4.62. The average Bonchev–Trinajstić information content (AvgIpc) is 2.17. The number of unbranched alkanes of at least 4 members (excludes halogenated alkanes) is 1. The molecule has 4 nitrogen and oxygen atoms in total. The van der Waals surface area contributed by atoms with Crippen LogP contribution in [0.4, 0.5) is 0 Å². The first-order valence-corrected chi connectivity index (χ1v) is 4.62. The molecule has 0 spiro atoms. The molecule has 0 aliphatic heterocycles. The second kappa shape index (κ2) is 6.74. The van der Waals surface area contributed by atoms with Gasteiger partial charge in [0.25, 0.3) is 0 Å². The molecule has 0 saturated heterocycles. The van der Waals surface area contributed by atoms with Crippen LogP contribution in [0.2, 0.25) is 0 Å². The van der Waals surface area contributed by atoms with E-state index in [0.29, 0.717) is 6.42 Å². The van der Waals surface area contributed by atoms with Crippen LogP contribution in [-0.4, -0.2) is 24.7 Å². The quantitative estimate of drug-likeness (QED) is 0.541. The maximum Gasteiger partial charge on any atom is 0.156 e. The van der Waals surface area contributed by atoms with E-state index >= 15 is 0 Å². The molecule has 0 heterocycles. The minimum atomic E-state index is -0.560. The Morgan fingerprint density at radius 1 is 1.15 bits per heavy atom. The lowest BCUT2D eigenvalue weighted by molar-refractivity contribution is -0.131. The molecule has 0 unspecified atom stereocenters. The van der Waals surface area contributed by atoms with Crippen molar-refractivity contribution in [1.82, 2.24) is 0 Å². The number of carbonyl (C=O) groups excluding carboxylic acids is 2. The number of Topliss-reactive ketones (excluding diaryl/α,β-unsaturated/α-hetero) is 2. The van der Waals surface area contributed by atoms with Gasteiger partial charge >= 0.3 is 0 Å². The van der Waals surface area contributed by atoms with Crippen LogP contribution >= 0.6 is 0 Å². The average molecular weight is 186 g/mol. The molecule has 0 bridgehead atoms. The SMILES string of the molecule is CCCCC(C(=O)CN)C(=O)CN. The first-order chi connectivity index (χ1) is 6.17. The number of carbonyl (C=O) groups is 2. The summed E-state index contributed by atoms with van der Waals surface area (Å²) >= 11 is 0. The molecular formula is C9H18N2O2. The highest BCUT2D eigenvalue weighted by atomic mass is 16.2. The molecule has 0 aromatic rings. The summed E-state index contributed by atoms with van der Waals surface area (Å²) in [7, 11) is 0. The predicted octanol–water partition coefficient (Wildman–Crippen LogP) is -0.152. The molecule has 0 aliphatic carbocycles. The van der Waals surface area contributed by atoms with Gasteiger partial charge in [0.15, 0.2) is 11.6 Å². The Morgan fingerprint density at radius 3 is 1.92 bits per heavy atom. The molecule has 4 heteroatoms. The van der Waals surface area contributed by atoms with Crippen molar-refractivity contribution in [2.24, 2.45) is 17.4 Å². The largest absolute Gasteiger partial charge is 0.324 e. The van der Waals surface area contributed by atoms with Gasteiger partial charge in [-0.25, -0.2) is 0 Å². The van der Waals surface area contributed by atoms with Gasteiger partial charge in [-0.1, -0.05) is 19.8 Å². The highest BCUT2D eigenvalue weighted by Gasteiger charge is 2.22. The molecule has 13 heavy (non-hydrogen) atoms. The maximum atomic E-state index is 11.2. The van der Waals surface area contributed by atoms with Crippen LogP contribution in [0.15, 0.2) is 0 Å². The van der Waals surface area contributed by atoms with E-state index < -0.39 is 5.92 Å². The monoisotopic (exact) mass is 186 g/mol. The summed E-state index contributed by atoms with van der Waals surface area (Å²) < 4.78 is 0. The highest BCUT2D eigenvalue weighted by molar-refractivity contribution is 6.03. The molecule has 0 aromatic heterocycles. The van der Waals surface area contributed by atoms with Gasteiger partial charge in [-0.2, -0.15) is 0 Å². The fourth-order valence-corrected chi connectivity index (χ4v) is 1.19. The number of hydrogen-bond donors (Lipinski definition) is 2. The third-order valence-corrected chi connectivity index (χ3v) is 2.03. The summed E-state index contributed by atoms with van der Waals surface area (Å²) in [6, 6.07) is 0. The Bertz CT molecular complexity index is 164. The number of rotatable bonds is 7. The van der Waals surface area contributed by atoms with E-state index in [2.05, 4.69) is 0 Å². The van der Waals surface area contributed by atoms with Gasteiger partial charge in [-0.05, 0) is 6.42 Å². The Hall–Kier alpha value is -0.740. The minimum Gasteiger partial charge on any atom is -0.324 e. The van der Waals surface area contributed by atoms with E-state index in [1.54, 1.807) is 0 Å². The van der Waals surface area contributed by atoms with Crippen molar-refractivity contribution in [1.29, 1.82) is 0 Å². The second-order valence-electron chi connectivity index (χ2n) is 3.04. The maximum absolute atomic E-state index is 11.2. The third kappa shape index (κ3) is 4.15. The Labute approximate surface area is 78.7 Å². The molecule has 0 rings (SSSR count). The highest BCUT2D eigenvalue weighted by Crippen LogP contribution is 2.10. The zero-order chi connectivity index (χ0) is 10.3. The second-order valence-corrected chi connectivity index (χ2v) is 3.04. The summed E-state index contributed by atoms with van der Waals surface area (Å²) in [4.78, 5) is 22.4. The van der Waals surface area contributed by atoms with Gasteiger partial charge in [0.05, 0.1) is 19.0 Å². The van der Waals surface area contributed by atoms with Crippen LogP contribution in [0.5, 0.6) is 0 Å². The molecule has 0 saturated carbocycles. The van der Waals surface area contributed by atoms with Crippen molar-refractivity contribution in [3.8, 4) is 0 Å². The zero-order valence-corrected chi connectivity index (χ0v) is 8.08. The lowest BCUT2D eigenvalue weighted by Crippen LogP contribution is -2.33. The molecular weight excluding hydrogens is 168 g/mol. The lowest BCUT2D eigenvalue weighted by Gasteiger charge is -2.11. The van der Waals surface area contributed by atoms with Gasteiger partial charge in [0.2, 0.25) is 0 Å². The molecule has 0 amide bonds. The molecule has 0 fully saturated rings. The zero-order valence-electron chi connectivity index (χ0n) is 8.08. The van der Waals surface area contributed by atoms with E-state index in [9.17, 15) is 9.59 Å². The molecule has 0 aromatic carbocycles. The van der Waals surface area contributed by atoms with Crippen LogP contribution in [-0.2, 0) is 9.59 Å².